The molecule has 2 N–H and O–H groups in total. The van der Waals surface area contributed by atoms with E-state index < -0.39 is 0 Å². The van der Waals surface area contributed by atoms with Gasteiger partial charge >= 0.3 is 0 Å². The van der Waals surface area contributed by atoms with Crippen LogP contribution in [-0.2, 0) is 4.79 Å². The van der Waals surface area contributed by atoms with Crippen molar-refractivity contribution < 1.29 is 4.79 Å². The summed E-state index contributed by atoms with van der Waals surface area (Å²) in [5.41, 5.74) is 3.71. The smallest absolute Gasteiger partial charge is 0.249 e. The maximum atomic E-state index is 12.1. The van der Waals surface area contributed by atoms with Crippen LogP contribution >= 0.6 is 22.6 Å². The van der Waals surface area contributed by atoms with Crippen LogP contribution in [0.1, 0.15) is 11.1 Å². The van der Waals surface area contributed by atoms with Gasteiger partial charge in [-0.25, -0.2) is 0 Å². The normalized spacial score (nSPS) is 10.9. The molecule has 0 unspecified atom stereocenters. The van der Waals surface area contributed by atoms with Gasteiger partial charge in [0, 0.05) is 33.2 Å². The van der Waals surface area contributed by atoms with E-state index in [2.05, 4.69) is 43.1 Å². The first-order chi connectivity index (χ1) is 11.6. The first-order valence-corrected chi connectivity index (χ1v) is 8.41. The zero-order valence-corrected chi connectivity index (χ0v) is 15.1. The number of nitrogens with one attached hydrogen (secondary N) is 2. The van der Waals surface area contributed by atoms with E-state index in [0.29, 0.717) is 5.82 Å². The third-order valence-electron chi connectivity index (χ3n) is 3.52. The molecule has 0 atom stereocenters. The molecular weight excluding hydrogens is 415 g/mol. The Kier molecular flexibility index (Phi) is 5.05. The lowest BCUT2D eigenvalue weighted by Gasteiger charge is -2.01. The van der Waals surface area contributed by atoms with E-state index in [1.807, 2.05) is 43.3 Å². The van der Waals surface area contributed by atoms with Crippen molar-refractivity contribution in [2.45, 2.75) is 6.92 Å². The molecule has 2 heterocycles. The number of halogens is 1. The molecule has 0 saturated carbocycles. The molecule has 0 saturated heterocycles. The number of hydrogen-bond donors (Lipinski definition) is 2. The van der Waals surface area contributed by atoms with E-state index in [1.165, 1.54) is 6.08 Å². The highest BCUT2D eigenvalue weighted by molar-refractivity contribution is 14.1. The summed E-state index contributed by atoms with van der Waals surface area (Å²) in [6, 6.07) is 11.7. The fraction of sp³-hybridized carbons (Fsp3) is 0.0556. The second kappa shape index (κ2) is 7.39. The molecule has 0 aliphatic rings. The molecule has 120 valence electrons. The Bertz CT molecular complexity index is 870. The summed E-state index contributed by atoms with van der Waals surface area (Å²) in [5, 5.41) is 9.94. The van der Waals surface area contributed by atoms with Gasteiger partial charge in [0.2, 0.25) is 5.91 Å². The van der Waals surface area contributed by atoms with Gasteiger partial charge in [0.15, 0.2) is 5.82 Å². The van der Waals surface area contributed by atoms with Crippen molar-refractivity contribution in [3.8, 4) is 11.3 Å². The van der Waals surface area contributed by atoms with Gasteiger partial charge in [-0.05, 0) is 65.4 Å². The lowest BCUT2D eigenvalue weighted by molar-refractivity contribution is -0.111. The van der Waals surface area contributed by atoms with Crippen LogP contribution < -0.4 is 5.32 Å². The van der Waals surface area contributed by atoms with Crippen LogP contribution in [0, 0.1) is 10.5 Å². The zero-order valence-electron chi connectivity index (χ0n) is 13.0. The summed E-state index contributed by atoms with van der Waals surface area (Å²) in [7, 11) is 0. The van der Waals surface area contributed by atoms with Crippen LogP contribution in [0.4, 0.5) is 5.82 Å². The molecule has 2 aromatic heterocycles. The SMILES string of the molecule is Cc1c(NC(=O)C=Cc2ccc(I)cc2)n[nH]c1-c1ccncc1. The van der Waals surface area contributed by atoms with Crippen LogP contribution in [0.3, 0.4) is 0 Å². The molecule has 0 bridgehead atoms. The van der Waals surface area contributed by atoms with Crippen LogP contribution in [-0.4, -0.2) is 21.1 Å². The molecule has 0 aliphatic carbocycles. The van der Waals surface area contributed by atoms with Gasteiger partial charge in [-0.1, -0.05) is 12.1 Å². The first-order valence-electron chi connectivity index (χ1n) is 7.33. The fourth-order valence-corrected chi connectivity index (χ4v) is 2.58. The number of nitrogens with zero attached hydrogens (tertiary/aromatic N) is 2. The van der Waals surface area contributed by atoms with Crippen molar-refractivity contribution in [2.24, 2.45) is 0 Å². The monoisotopic (exact) mass is 430 g/mol. The fourth-order valence-electron chi connectivity index (χ4n) is 2.22. The van der Waals surface area contributed by atoms with Gasteiger partial charge in [-0.2, -0.15) is 5.10 Å². The number of rotatable bonds is 4. The Hall–Kier alpha value is -2.48. The summed E-state index contributed by atoms with van der Waals surface area (Å²) in [5.74, 6) is 0.309. The summed E-state index contributed by atoms with van der Waals surface area (Å²) in [6.07, 6.45) is 6.72. The van der Waals surface area contributed by atoms with E-state index in [9.17, 15) is 4.79 Å². The number of carbonyl (C=O) groups is 1. The molecule has 0 aliphatic heterocycles. The molecule has 24 heavy (non-hydrogen) atoms. The first kappa shape index (κ1) is 16.4. The van der Waals surface area contributed by atoms with Gasteiger partial charge in [0.05, 0.1) is 5.69 Å². The summed E-state index contributed by atoms with van der Waals surface area (Å²) < 4.78 is 1.16. The van der Waals surface area contributed by atoms with Crippen molar-refractivity contribution in [3.05, 3.63) is 69.6 Å². The number of benzene rings is 1. The van der Waals surface area contributed by atoms with E-state index in [-0.39, 0.29) is 5.91 Å². The summed E-state index contributed by atoms with van der Waals surface area (Å²) >= 11 is 2.24. The lowest BCUT2D eigenvalue weighted by atomic mass is 10.1. The van der Waals surface area contributed by atoms with Crippen molar-refractivity contribution >= 4 is 40.4 Å². The predicted molar refractivity (Wildman–Crippen MR) is 103 cm³/mol. The molecular formula is C18H15IN4O. The van der Waals surface area contributed by atoms with E-state index >= 15 is 0 Å². The van der Waals surface area contributed by atoms with Crippen LogP contribution in [0.5, 0.6) is 0 Å². The molecule has 0 radical (unpaired) electrons. The Morgan fingerprint density at radius 1 is 1.17 bits per heavy atom. The quantitative estimate of drug-likeness (QED) is 0.485. The molecule has 3 rings (SSSR count). The highest BCUT2D eigenvalue weighted by atomic mass is 127. The number of hydrogen-bond acceptors (Lipinski definition) is 3. The van der Waals surface area contributed by atoms with Gasteiger partial charge in [0.25, 0.3) is 0 Å². The Morgan fingerprint density at radius 2 is 1.88 bits per heavy atom. The minimum atomic E-state index is -0.218. The van der Waals surface area contributed by atoms with Gasteiger partial charge in [-0.15, -0.1) is 0 Å². The number of carbonyl (C=O) groups excluding carboxylic acids is 1. The summed E-state index contributed by atoms with van der Waals surface area (Å²) in [6.45, 7) is 1.91. The number of aromatic amines is 1. The third-order valence-corrected chi connectivity index (χ3v) is 4.24. The van der Waals surface area contributed by atoms with Crippen molar-refractivity contribution in [1.82, 2.24) is 15.2 Å². The summed E-state index contributed by atoms with van der Waals surface area (Å²) in [4.78, 5) is 16.1. The average molecular weight is 430 g/mol. The highest BCUT2D eigenvalue weighted by Crippen LogP contribution is 2.25. The largest absolute Gasteiger partial charge is 0.305 e. The second-order valence-corrected chi connectivity index (χ2v) is 6.43. The van der Waals surface area contributed by atoms with Gasteiger partial charge < -0.3 is 5.32 Å². The van der Waals surface area contributed by atoms with Gasteiger partial charge in [-0.3, -0.25) is 14.9 Å². The minimum Gasteiger partial charge on any atom is -0.305 e. The molecule has 1 amide bonds. The Morgan fingerprint density at radius 3 is 2.58 bits per heavy atom. The van der Waals surface area contributed by atoms with Crippen molar-refractivity contribution in [3.63, 3.8) is 0 Å². The molecule has 6 heteroatoms. The maximum Gasteiger partial charge on any atom is 0.249 e. The standard InChI is InChI=1S/C18H15IN4O/c1-12-17(14-8-10-20-11-9-14)22-23-18(12)21-16(24)7-4-13-2-5-15(19)6-3-13/h2-11H,1H3,(H2,21,22,23,24). The zero-order chi connectivity index (χ0) is 16.9. The third kappa shape index (κ3) is 3.88. The van der Waals surface area contributed by atoms with Crippen LogP contribution in [0.25, 0.3) is 17.3 Å². The molecule has 1 aromatic carbocycles. The average Bonchev–Trinajstić information content (AvgIpc) is 2.96. The molecule has 0 spiro atoms. The number of aromatic nitrogens is 3. The van der Waals surface area contributed by atoms with Crippen molar-refractivity contribution in [2.75, 3.05) is 5.32 Å². The van der Waals surface area contributed by atoms with Crippen molar-refractivity contribution in [1.29, 1.82) is 0 Å². The highest BCUT2D eigenvalue weighted by Gasteiger charge is 2.11. The number of pyridine rings is 1. The minimum absolute atomic E-state index is 0.218. The predicted octanol–water partition coefficient (Wildman–Crippen LogP) is 4.04. The Labute approximate surface area is 153 Å². The lowest BCUT2D eigenvalue weighted by Crippen LogP contribution is -2.09. The topological polar surface area (TPSA) is 70.7 Å². The van der Waals surface area contributed by atoms with Crippen LogP contribution in [0.15, 0.2) is 54.9 Å². The number of H-pyrrole nitrogens is 1. The van der Waals surface area contributed by atoms with E-state index in [1.54, 1.807) is 18.5 Å². The second-order valence-electron chi connectivity index (χ2n) is 5.18. The van der Waals surface area contributed by atoms with Crippen LogP contribution in [0.2, 0.25) is 0 Å². The molecule has 5 nitrogen and oxygen atoms in total. The number of amides is 1. The van der Waals surface area contributed by atoms with E-state index in [0.717, 1.165) is 26.0 Å². The Balaban J connectivity index is 1.71. The molecule has 0 fully saturated rings. The molecule has 3 aromatic rings. The van der Waals surface area contributed by atoms with E-state index in [4.69, 9.17) is 0 Å². The number of anilines is 1. The van der Waals surface area contributed by atoms with Gasteiger partial charge in [0.1, 0.15) is 0 Å². The maximum absolute atomic E-state index is 12.1.